The zero-order chi connectivity index (χ0) is 15.0. The van der Waals surface area contributed by atoms with Gasteiger partial charge in [0.25, 0.3) is 0 Å². The molecule has 0 saturated carbocycles. The summed E-state index contributed by atoms with van der Waals surface area (Å²) >= 11 is 0. The molecular weight excluding hydrogens is 258 g/mol. The topological polar surface area (TPSA) is 55.8 Å². The summed E-state index contributed by atoms with van der Waals surface area (Å²) in [6.07, 6.45) is 4.31. The van der Waals surface area contributed by atoms with Crippen molar-refractivity contribution in [3.63, 3.8) is 0 Å². The number of carbonyl (C=O) groups excluding carboxylic acids is 2. The highest BCUT2D eigenvalue weighted by atomic mass is 16.6. The number of nitrogens with zero attached hydrogens (tertiary/aromatic N) is 1. The molecule has 0 aromatic rings. The lowest BCUT2D eigenvalue weighted by atomic mass is 10.1. The van der Waals surface area contributed by atoms with Crippen LogP contribution in [0.4, 0.5) is 0 Å². The second kappa shape index (κ2) is 8.25. The molecule has 1 fully saturated rings. The van der Waals surface area contributed by atoms with E-state index in [0.717, 1.165) is 25.7 Å². The van der Waals surface area contributed by atoms with Crippen molar-refractivity contribution in [3.8, 4) is 0 Å². The van der Waals surface area contributed by atoms with Crippen LogP contribution in [0, 0.1) is 0 Å². The Bertz CT molecular complexity index is 332. The lowest BCUT2D eigenvalue weighted by Gasteiger charge is -2.35. The van der Waals surface area contributed by atoms with Gasteiger partial charge in [0.15, 0.2) is 0 Å². The Labute approximate surface area is 121 Å². The molecule has 5 heteroatoms. The number of hydrogen-bond donors (Lipinski definition) is 0. The van der Waals surface area contributed by atoms with Crippen LogP contribution in [0.25, 0.3) is 0 Å². The fourth-order valence-electron chi connectivity index (χ4n) is 2.55. The number of esters is 1. The largest absolute Gasteiger partial charge is 0.462 e. The number of hydrogen-bond acceptors (Lipinski definition) is 4. The molecule has 0 aromatic carbocycles. The van der Waals surface area contributed by atoms with E-state index in [-0.39, 0.29) is 5.91 Å². The minimum atomic E-state index is -1.19. The third-order valence-electron chi connectivity index (χ3n) is 3.53. The van der Waals surface area contributed by atoms with E-state index in [1.807, 2.05) is 20.8 Å². The van der Waals surface area contributed by atoms with Gasteiger partial charge >= 0.3 is 5.97 Å². The van der Waals surface area contributed by atoms with Crippen LogP contribution >= 0.6 is 0 Å². The summed E-state index contributed by atoms with van der Waals surface area (Å²) in [6.45, 7) is 7.18. The van der Waals surface area contributed by atoms with Gasteiger partial charge in [-0.25, -0.2) is 4.79 Å². The number of ether oxygens (including phenoxy) is 2. The fraction of sp³-hybridized carbons (Fsp3) is 0.867. The van der Waals surface area contributed by atoms with Crippen LogP contribution in [0.2, 0.25) is 0 Å². The van der Waals surface area contributed by atoms with Gasteiger partial charge in [-0.1, -0.05) is 20.3 Å². The summed E-state index contributed by atoms with van der Waals surface area (Å²) in [5.41, 5.74) is -1.19. The quantitative estimate of drug-likeness (QED) is 0.508. The minimum absolute atomic E-state index is 0.0223. The summed E-state index contributed by atoms with van der Waals surface area (Å²) < 4.78 is 11.0. The smallest absolute Gasteiger partial charge is 0.360 e. The van der Waals surface area contributed by atoms with E-state index in [1.54, 1.807) is 4.90 Å². The second-order valence-electron chi connectivity index (χ2n) is 5.11. The Kier molecular flexibility index (Phi) is 6.99. The highest BCUT2D eigenvalue weighted by molar-refractivity contribution is 5.87. The maximum absolute atomic E-state index is 12.4. The zero-order valence-corrected chi connectivity index (χ0v) is 12.9. The molecule has 0 spiro atoms. The van der Waals surface area contributed by atoms with E-state index in [9.17, 15) is 9.59 Å². The predicted molar refractivity (Wildman–Crippen MR) is 76.1 cm³/mol. The van der Waals surface area contributed by atoms with Crippen molar-refractivity contribution in [2.45, 2.75) is 65.0 Å². The highest BCUT2D eigenvalue weighted by Crippen LogP contribution is 2.33. The second-order valence-corrected chi connectivity index (χ2v) is 5.11. The first kappa shape index (κ1) is 17.0. The standard InChI is InChI=1S/C15H27NO4/c1-4-7-12-19-14(18)15(20-6-3)10-8-11-16(15)13(17)9-5-2/h4-12H2,1-3H3/t15-/m1/s1. The molecule has 0 bridgehead atoms. The van der Waals surface area contributed by atoms with Crippen molar-refractivity contribution < 1.29 is 19.1 Å². The van der Waals surface area contributed by atoms with Gasteiger partial charge in [0.05, 0.1) is 6.61 Å². The Balaban J connectivity index is 2.82. The van der Waals surface area contributed by atoms with Crippen LogP contribution in [0.1, 0.15) is 59.3 Å². The molecule has 1 aliphatic rings. The van der Waals surface area contributed by atoms with Gasteiger partial charge in [-0.2, -0.15) is 0 Å². The Morgan fingerprint density at radius 2 is 1.95 bits per heavy atom. The molecule has 0 aromatic heterocycles. The van der Waals surface area contributed by atoms with E-state index in [2.05, 4.69) is 0 Å². The molecule has 0 unspecified atom stereocenters. The number of likely N-dealkylation sites (tertiary alicyclic amines) is 1. The predicted octanol–water partition coefficient (Wildman–Crippen LogP) is 2.49. The SMILES string of the molecule is CCCCOC(=O)[C@]1(OCC)CCCN1C(=O)CCC. The summed E-state index contributed by atoms with van der Waals surface area (Å²) in [6, 6.07) is 0. The molecule has 116 valence electrons. The minimum Gasteiger partial charge on any atom is -0.462 e. The molecule has 1 saturated heterocycles. The molecule has 0 N–H and O–H groups in total. The number of carbonyl (C=O) groups is 2. The van der Waals surface area contributed by atoms with Crippen molar-refractivity contribution in [1.82, 2.24) is 4.90 Å². The Morgan fingerprint density at radius 3 is 2.55 bits per heavy atom. The number of rotatable bonds is 8. The molecule has 1 amide bonds. The van der Waals surface area contributed by atoms with E-state index >= 15 is 0 Å². The molecule has 5 nitrogen and oxygen atoms in total. The summed E-state index contributed by atoms with van der Waals surface area (Å²) in [5.74, 6) is -0.430. The maximum atomic E-state index is 12.4. The number of amides is 1. The van der Waals surface area contributed by atoms with E-state index in [1.165, 1.54) is 0 Å². The summed E-state index contributed by atoms with van der Waals surface area (Å²) in [7, 11) is 0. The van der Waals surface area contributed by atoms with Crippen molar-refractivity contribution in [3.05, 3.63) is 0 Å². The van der Waals surface area contributed by atoms with Crippen LogP contribution in [0.5, 0.6) is 0 Å². The Morgan fingerprint density at radius 1 is 1.20 bits per heavy atom. The third kappa shape index (κ3) is 3.72. The van der Waals surface area contributed by atoms with Gasteiger partial charge in [0, 0.05) is 26.0 Å². The average Bonchev–Trinajstić information content (AvgIpc) is 2.84. The third-order valence-corrected chi connectivity index (χ3v) is 3.53. The van der Waals surface area contributed by atoms with Crippen LogP contribution < -0.4 is 0 Å². The molecule has 0 aliphatic carbocycles. The Hall–Kier alpha value is -1.10. The summed E-state index contributed by atoms with van der Waals surface area (Å²) in [4.78, 5) is 26.2. The molecule has 1 aliphatic heterocycles. The van der Waals surface area contributed by atoms with Crippen molar-refractivity contribution in [1.29, 1.82) is 0 Å². The van der Waals surface area contributed by atoms with E-state index in [0.29, 0.717) is 32.6 Å². The average molecular weight is 285 g/mol. The molecule has 0 radical (unpaired) electrons. The van der Waals surface area contributed by atoms with Gasteiger partial charge in [-0.05, 0) is 26.2 Å². The van der Waals surface area contributed by atoms with Gasteiger partial charge in [-0.15, -0.1) is 0 Å². The van der Waals surface area contributed by atoms with Gasteiger partial charge in [0.2, 0.25) is 11.6 Å². The molecule has 1 atom stereocenters. The molecule has 1 heterocycles. The molecule has 1 rings (SSSR count). The first-order valence-corrected chi connectivity index (χ1v) is 7.74. The summed E-state index contributed by atoms with van der Waals surface area (Å²) in [5, 5.41) is 0. The van der Waals surface area contributed by atoms with Crippen LogP contribution in [0.3, 0.4) is 0 Å². The normalized spacial score (nSPS) is 22.1. The first-order valence-electron chi connectivity index (χ1n) is 7.74. The first-order chi connectivity index (χ1) is 9.62. The van der Waals surface area contributed by atoms with Gasteiger partial charge < -0.3 is 14.4 Å². The van der Waals surface area contributed by atoms with Crippen LogP contribution in [-0.2, 0) is 19.1 Å². The molecule has 20 heavy (non-hydrogen) atoms. The van der Waals surface area contributed by atoms with Crippen molar-refractivity contribution in [2.24, 2.45) is 0 Å². The monoisotopic (exact) mass is 285 g/mol. The van der Waals surface area contributed by atoms with Crippen LogP contribution in [-0.4, -0.2) is 42.3 Å². The maximum Gasteiger partial charge on any atom is 0.360 e. The lowest BCUT2D eigenvalue weighted by Crippen LogP contribution is -2.55. The zero-order valence-electron chi connectivity index (χ0n) is 12.9. The van der Waals surface area contributed by atoms with Gasteiger partial charge in [0.1, 0.15) is 0 Å². The highest BCUT2D eigenvalue weighted by Gasteiger charge is 2.51. The van der Waals surface area contributed by atoms with E-state index in [4.69, 9.17) is 9.47 Å². The van der Waals surface area contributed by atoms with Crippen LogP contribution in [0.15, 0.2) is 0 Å². The van der Waals surface area contributed by atoms with Crippen molar-refractivity contribution in [2.75, 3.05) is 19.8 Å². The molecular formula is C15H27NO4. The van der Waals surface area contributed by atoms with E-state index < -0.39 is 11.7 Å². The lowest BCUT2D eigenvalue weighted by molar-refractivity contribution is -0.198. The fourth-order valence-corrected chi connectivity index (χ4v) is 2.55. The number of unbranched alkanes of at least 4 members (excludes halogenated alkanes) is 1. The van der Waals surface area contributed by atoms with Crippen molar-refractivity contribution >= 4 is 11.9 Å². The van der Waals surface area contributed by atoms with Gasteiger partial charge in [-0.3, -0.25) is 4.79 Å².